The van der Waals surface area contributed by atoms with Gasteiger partial charge in [-0.25, -0.2) is 4.98 Å². The highest BCUT2D eigenvalue weighted by Gasteiger charge is 2.17. The van der Waals surface area contributed by atoms with Crippen molar-refractivity contribution in [2.24, 2.45) is 0 Å². The van der Waals surface area contributed by atoms with Crippen molar-refractivity contribution >= 4 is 21.9 Å². The lowest BCUT2D eigenvalue weighted by atomic mass is 10.1. The molecule has 0 spiro atoms. The van der Waals surface area contributed by atoms with E-state index in [-0.39, 0.29) is 11.3 Å². The van der Waals surface area contributed by atoms with Crippen LogP contribution in [0, 0.1) is 6.92 Å². The fourth-order valence-electron chi connectivity index (χ4n) is 2.59. The molecule has 0 fully saturated rings. The second-order valence-electron chi connectivity index (χ2n) is 5.21. The van der Waals surface area contributed by atoms with Crippen LogP contribution in [0.2, 0.25) is 0 Å². The molecule has 6 heteroatoms. The Morgan fingerprint density at radius 3 is 2.86 bits per heavy atom. The molecule has 3 N–H and O–H groups in total. The largest absolute Gasteiger partial charge is 0.506 e. The average Bonchev–Trinajstić information content (AvgIpc) is 2.89. The molecule has 4 aromatic rings. The Morgan fingerprint density at radius 1 is 1.14 bits per heavy atom. The highest BCUT2D eigenvalue weighted by atomic mass is 16.3. The third-order valence-electron chi connectivity index (χ3n) is 3.66. The van der Waals surface area contributed by atoms with E-state index in [0.29, 0.717) is 16.7 Å². The topological polar surface area (TPSA) is 94.7 Å². The number of aromatic hydroxyl groups is 1. The maximum Gasteiger partial charge on any atom is 0.263 e. The van der Waals surface area contributed by atoms with Crippen molar-refractivity contribution in [3.05, 3.63) is 52.6 Å². The summed E-state index contributed by atoms with van der Waals surface area (Å²) in [6, 6.07) is 7.42. The van der Waals surface area contributed by atoms with Gasteiger partial charge in [0, 0.05) is 11.6 Å². The number of fused-ring (bicyclic) bond motifs is 2. The number of pyridine rings is 2. The molecule has 3 aromatic heterocycles. The lowest BCUT2D eigenvalue weighted by Gasteiger charge is -2.04. The van der Waals surface area contributed by atoms with Gasteiger partial charge in [-0.3, -0.25) is 9.78 Å². The van der Waals surface area contributed by atoms with Gasteiger partial charge in [-0.2, -0.15) is 0 Å². The van der Waals surface area contributed by atoms with Crippen LogP contribution < -0.4 is 5.56 Å². The lowest BCUT2D eigenvalue weighted by molar-refractivity contribution is 0.482. The summed E-state index contributed by atoms with van der Waals surface area (Å²) in [5.41, 5.74) is 2.87. The van der Waals surface area contributed by atoms with Crippen LogP contribution in [0.15, 0.2) is 41.5 Å². The van der Waals surface area contributed by atoms with Gasteiger partial charge in [0.2, 0.25) is 0 Å². The lowest BCUT2D eigenvalue weighted by Crippen LogP contribution is -2.10. The van der Waals surface area contributed by atoms with Gasteiger partial charge in [0.1, 0.15) is 17.1 Å². The maximum atomic E-state index is 12.3. The first-order chi connectivity index (χ1) is 10.6. The summed E-state index contributed by atoms with van der Waals surface area (Å²) in [6.45, 7) is 1.98. The zero-order chi connectivity index (χ0) is 15.3. The van der Waals surface area contributed by atoms with E-state index in [9.17, 15) is 9.90 Å². The molecule has 1 aromatic carbocycles. The predicted octanol–water partition coefficient (Wildman–Crippen LogP) is 2.48. The number of H-pyrrole nitrogens is 2. The minimum atomic E-state index is -0.409. The van der Waals surface area contributed by atoms with Gasteiger partial charge in [-0.05, 0) is 30.7 Å². The molecule has 0 saturated carbocycles. The van der Waals surface area contributed by atoms with Gasteiger partial charge in [0.25, 0.3) is 5.56 Å². The number of aromatic amines is 2. The first kappa shape index (κ1) is 12.6. The third kappa shape index (κ3) is 1.77. The highest BCUT2D eigenvalue weighted by molar-refractivity contribution is 5.91. The van der Waals surface area contributed by atoms with Crippen LogP contribution in [-0.4, -0.2) is 25.0 Å². The first-order valence-corrected chi connectivity index (χ1v) is 6.79. The number of rotatable bonds is 1. The Kier molecular flexibility index (Phi) is 2.53. The van der Waals surface area contributed by atoms with Crippen LogP contribution in [-0.2, 0) is 0 Å². The SMILES string of the molecule is Cc1ccc2nc(-c3c(O)c4ccncc4[nH]c3=O)[nH]c2c1. The fraction of sp³-hybridized carbons (Fsp3) is 0.0625. The van der Waals surface area contributed by atoms with Crippen molar-refractivity contribution in [1.82, 2.24) is 19.9 Å². The van der Waals surface area contributed by atoms with E-state index in [4.69, 9.17) is 0 Å². The van der Waals surface area contributed by atoms with Crippen molar-refractivity contribution in [3.63, 3.8) is 0 Å². The normalized spacial score (nSPS) is 11.3. The number of aromatic nitrogens is 4. The average molecular weight is 292 g/mol. The Labute approximate surface area is 124 Å². The zero-order valence-corrected chi connectivity index (χ0v) is 11.7. The molecule has 4 rings (SSSR count). The summed E-state index contributed by atoms with van der Waals surface area (Å²) in [6.07, 6.45) is 3.06. The quantitative estimate of drug-likeness (QED) is 0.502. The van der Waals surface area contributed by atoms with Crippen LogP contribution in [0.25, 0.3) is 33.3 Å². The Bertz CT molecular complexity index is 1080. The van der Waals surface area contributed by atoms with Crippen LogP contribution in [0.1, 0.15) is 5.56 Å². The Hall–Kier alpha value is -3.15. The molecular formula is C16H12N4O2. The molecule has 0 amide bonds. The minimum Gasteiger partial charge on any atom is -0.506 e. The van der Waals surface area contributed by atoms with E-state index in [1.165, 1.54) is 6.20 Å². The van der Waals surface area contributed by atoms with Crippen molar-refractivity contribution < 1.29 is 5.11 Å². The van der Waals surface area contributed by atoms with Crippen LogP contribution >= 0.6 is 0 Å². The second kappa shape index (κ2) is 4.42. The highest BCUT2D eigenvalue weighted by Crippen LogP contribution is 2.31. The van der Waals surface area contributed by atoms with E-state index >= 15 is 0 Å². The molecule has 3 heterocycles. The molecule has 0 radical (unpaired) electrons. The molecule has 0 aliphatic heterocycles. The van der Waals surface area contributed by atoms with Gasteiger partial charge < -0.3 is 15.1 Å². The van der Waals surface area contributed by atoms with E-state index < -0.39 is 5.56 Å². The summed E-state index contributed by atoms with van der Waals surface area (Å²) in [7, 11) is 0. The summed E-state index contributed by atoms with van der Waals surface area (Å²) >= 11 is 0. The molecule has 0 atom stereocenters. The van der Waals surface area contributed by atoms with Gasteiger partial charge >= 0.3 is 0 Å². The monoisotopic (exact) mass is 292 g/mol. The number of imidazole rings is 1. The fourth-order valence-corrected chi connectivity index (χ4v) is 2.59. The van der Waals surface area contributed by atoms with Gasteiger partial charge in [-0.1, -0.05) is 6.07 Å². The number of nitrogens with zero attached hydrogens (tertiary/aromatic N) is 2. The smallest absolute Gasteiger partial charge is 0.263 e. The predicted molar refractivity (Wildman–Crippen MR) is 83.9 cm³/mol. The number of benzene rings is 1. The summed E-state index contributed by atoms with van der Waals surface area (Å²) < 4.78 is 0. The molecule has 6 nitrogen and oxygen atoms in total. The van der Waals surface area contributed by atoms with Crippen molar-refractivity contribution in [3.8, 4) is 17.1 Å². The van der Waals surface area contributed by atoms with E-state index in [1.54, 1.807) is 12.3 Å². The summed E-state index contributed by atoms with van der Waals surface area (Å²) in [4.78, 5) is 26.4. The second-order valence-corrected chi connectivity index (χ2v) is 5.21. The van der Waals surface area contributed by atoms with Crippen molar-refractivity contribution in [1.29, 1.82) is 0 Å². The zero-order valence-electron chi connectivity index (χ0n) is 11.7. The first-order valence-electron chi connectivity index (χ1n) is 6.79. The third-order valence-corrected chi connectivity index (χ3v) is 3.66. The molecule has 0 saturated heterocycles. The molecule has 0 aliphatic carbocycles. The van der Waals surface area contributed by atoms with Gasteiger partial charge in [0.05, 0.1) is 22.7 Å². The van der Waals surface area contributed by atoms with Crippen molar-refractivity contribution in [2.75, 3.05) is 0 Å². The molecule has 0 aliphatic rings. The van der Waals surface area contributed by atoms with Gasteiger partial charge in [0.15, 0.2) is 0 Å². The van der Waals surface area contributed by atoms with Crippen LogP contribution in [0.4, 0.5) is 0 Å². The molecular weight excluding hydrogens is 280 g/mol. The van der Waals surface area contributed by atoms with E-state index in [1.807, 2.05) is 25.1 Å². The number of nitrogens with one attached hydrogen (secondary N) is 2. The minimum absolute atomic E-state index is 0.100. The summed E-state index contributed by atoms with van der Waals surface area (Å²) in [5, 5.41) is 11.0. The maximum absolute atomic E-state index is 12.3. The van der Waals surface area contributed by atoms with Gasteiger partial charge in [-0.15, -0.1) is 0 Å². The standard InChI is InChI=1S/C16H12N4O2/c1-8-2-3-10-11(6-8)19-15(18-10)13-14(21)9-4-5-17-7-12(9)20-16(13)22/h2-7H,1H3,(H,18,19)(H2,20,21,22). The molecule has 108 valence electrons. The summed E-state index contributed by atoms with van der Waals surface area (Å²) in [5.74, 6) is 0.245. The van der Waals surface area contributed by atoms with Crippen molar-refractivity contribution in [2.45, 2.75) is 6.92 Å². The molecule has 0 bridgehead atoms. The number of hydrogen-bond acceptors (Lipinski definition) is 4. The molecule has 22 heavy (non-hydrogen) atoms. The van der Waals surface area contributed by atoms with E-state index in [0.717, 1.165) is 16.6 Å². The van der Waals surface area contributed by atoms with E-state index in [2.05, 4.69) is 19.9 Å². The Balaban J connectivity index is 2.05. The van der Waals surface area contributed by atoms with Crippen LogP contribution in [0.5, 0.6) is 5.75 Å². The number of aryl methyl sites for hydroxylation is 1. The Morgan fingerprint density at radius 2 is 2.00 bits per heavy atom. The van der Waals surface area contributed by atoms with Crippen LogP contribution in [0.3, 0.4) is 0 Å². The molecule has 0 unspecified atom stereocenters. The number of hydrogen-bond donors (Lipinski definition) is 3.